The van der Waals surface area contributed by atoms with E-state index < -0.39 is 10.0 Å². The first-order valence-electron chi connectivity index (χ1n) is 11.7. The van der Waals surface area contributed by atoms with Crippen LogP contribution in [-0.2, 0) is 22.9 Å². The van der Waals surface area contributed by atoms with Gasteiger partial charge in [0.15, 0.2) is 0 Å². The Morgan fingerprint density at radius 3 is 2.60 bits per heavy atom. The third kappa shape index (κ3) is 6.90. The second-order valence-electron chi connectivity index (χ2n) is 9.09. The number of rotatable bonds is 7. The van der Waals surface area contributed by atoms with Crippen LogP contribution >= 0.6 is 0 Å². The molecule has 8 nitrogen and oxygen atoms in total. The van der Waals surface area contributed by atoms with E-state index in [1.165, 1.54) is 24.6 Å². The zero-order valence-corrected chi connectivity index (χ0v) is 21.6. The number of sulfonamides is 1. The van der Waals surface area contributed by atoms with Crippen LogP contribution in [-0.4, -0.2) is 37.5 Å². The number of fused-ring (bicyclic) bond motifs is 1. The van der Waals surface area contributed by atoms with Gasteiger partial charge in [-0.2, -0.15) is 10.2 Å². The highest BCUT2D eigenvalue weighted by molar-refractivity contribution is 7.89. The van der Waals surface area contributed by atoms with E-state index in [1.807, 2.05) is 45.9 Å². The molecule has 0 bridgehead atoms. The van der Waals surface area contributed by atoms with E-state index in [-0.39, 0.29) is 19.2 Å². The zero-order chi connectivity index (χ0) is 25.6. The minimum atomic E-state index is -2.97. The summed E-state index contributed by atoms with van der Waals surface area (Å²) in [7, 11) is -1.54. The molecule has 1 heterocycles. The lowest BCUT2D eigenvalue weighted by atomic mass is 10.0. The fourth-order valence-electron chi connectivity index (χ4n) is 3.91. The summed E-state index contributed by atoms with van der Waals surface area (Å²) in [6, 6.07) is 13.8. The first-order valence-corrected chi connectivity index (χ1v) is 13.4. The van der Waals surface area contributed by atoms with Gasteiger partial charge < -0.3 is 9.26 Å². The fraction of sp³-hybridized carbons (Fsp3) is 0.423. The second kappa shape index (κ2) is 11.5. The Hall–Kier alpha value is -3.22. The van der Waals surface area contributed by atoms with Crippen molar-refractivity contribution < 1.29 is 19.1 Å². The molecule has 3 aromatic rings. The molecule has 1 aliphatic rings. The number of aromatic nitrogens is 2. The van der Waals surface area contributed by atoms with E-state index in [0.29, 0.717) is 28.6 Å². The maximum atomic E-state index is 10.7. The van der Waals surface area contributed by atoms with Crippen molar-refractivity contribution in [3.63, 3.8) is 0 Å². The average molecular weight is 499 g/mol. The van der Waals surface area contributed by atoms with Crippen molar-refractivity contribution in [2.45, 2.75) is 53.1 Å². The number of nitriles is 1. The Morgan fingerprint density at radius 2 is 1.97 bits per heavy atom. The largest absolute Gasteiger partial charge is 0.490 e. The van der Waals surface area contributed by atoms with Gasteiger partial charge in [-0.05, 0) is 75.4 Å². The van der Waals surface area contributed by atoms with E-state index in [1.54, 1.807) is 12.1 Å². The van der Waals surface area contributed by atoms with Crippen LogP contribution in [0.4, 0.5) is 0 Å². The number of hydrogen-bond acceptors (Lipinski definition) is 7. The molecule has 1 aliphatic carbocycles. The van der Waals surface area contributed by atoms with Crippen molar-refractivity contribution in [2.75, 3.05) is 12.8 Å². The van der Waals surface area contributed by atoms with Crippen LogP contribution in [0.15, 0.2) is 40.9 Å². The molecule has 35 heavy (non-hydrogen) atoms. The van der Waals surface area contributed by atoms with Gasteiger partial charge >= 0.3 is 0 Å². The summed E-state index contributed by atoms with van der Waals surface area (Å²) in [5.41, 5.74) is 4.89. The van der Waals surface area contributed by atoms with Crippen molar-refractivity contribution in [2.24, 2.45) is 5.92 Å². The van der Waals surface area contributed by atoms with Crippen LogP contribution < -0.4 is 9.46 Å². The van der Waals surface area contributed by atoms with E-state index in [9.17, 15) is 13.7 Å². The van der Waals surface area contributed by atoms with E-state index in [0.717, 1.165) is 18.4 Å². The Kier molecular flexibility index (Phi) is 8.65. The molecule has 4 rings (SSSR count). The molecule has 9 heteroatoms. The smallest absolute Gasteiger partial charge is 0.258 e. The van der Waals surface area contributed by atoms with E-state index in [4.69, 9.17) is 9.26 Å². The van der Waals surface area contributed by atoms with Gasteiger partial charge in [0.2, 0.25) is 15.8 Å². The normalized spacial score (nSPS) is 12.7. The molecule has 0 amide bonds. The highest BCUT2D eigenvalue weighted by Crippen LogP contribution is 2.32. The summed E-state index contributed by atoms with van der Waals surface area (Å²) >= 11 is 0. The fourth-order valence-corrected chi connectivity index (χ4v) is 4.95. The van der Waals surface area contributed by atoms with Crippen molar-refractivity contribution in [3.8, 4) is 34.7 Å². The van der Waals surface area contributed by atoms with Crippen LogP contribution in [0.2, 0.25) is 0 Å². The molecule has 0 aliphatic heterocycles. The summed E-state index contributed by atoms with van der Waals surface area (Å²) in [5, 5.41) is 13.6. The van der Waals surface area contributed by atoms with Gasteiger partial charge in [0.25, 0.3) is 5.89 Å². The number of ether oxygens (including phenoxy) is 1. The summed E-state index contributed by atoms with van der Waals surface area (Å²) < 4.78 is 34.8. The van der Waals surface area contributed by atoms with Crippen LogP contribution in [0.1, 0.15) is 52.2 Å². The lowest BCUT2D eigenvalue weighted by molar-refractivity contribution is 0.241. The standard InChI is InChI=1S/C21H19N3O2.C5H13NO2S.H2/c1-13(2)25-19-10-9-15(11-16(19)12-22)21-23-20(24-26-21)18-8-4-6-14-5-3-7-17(14)18;1-5(2)4-9(7,8)6-3;/h4,6,8-11,13H,3,5,7H2,1-2H3;5-6H,4H2,1-3H3;1H. The third-order valence-corrected chi connectivity index (χ3v) is 7.11. The number of benzene rings is 2. The van der Waals surface area contributed by atoms with Crippen molar-refractivity contribution in [1.82, 2.24) is 14.9 Å². The predicted molar refractivity (Wildman–Crippen MR) is 137 cm³/mol. The van der Waals surface area contributed by atoms with Gasteiger partial charge in [0, 0.05) is 12.6 Å². The average Bonchev–Trinajstić information content (AvgIpc) is 3.48. The zero-order valence-electron chi connectivity index (χ0n) is 20.8. The first kappa shape index (κ1) is 26.4. The highest BCUT2D eigenvalue weighted by atomic mass is 32.2. The molecule has 188 valence electrons. The Bertz CT molecular complexity index is 1310. The monoisotopic (exact) mass is 498 g/mol. The molecule has 1 aromatic heterocycles. The first-order chi connectivity index (χ1) is 16.6. The molecule has 0 radical (unpaired) electrons. The molecule has 0 unspecified atom stereocenters. The van der Waals surface area contributed by atoms with Crippen LogP contribution in [0, 0.1) is 17.2 Å². The van der Waals surface area contributed by atoms with E-state index >= 15 is 0 Å². The lowest BCUT2D eigenvalue weighted by Crippen LogP contribution is -2.24. The summed E-state index contributed by atoms with van der Waals surface area (Å²) in [6.45, 7) is 7.60. The van der Waals surface area contributed by atoms with Gasteiger partial charge in [0.05, 0.1) is 17.4 Å². The Labute approximate surface area is 208 Å². The predicted octanol–water partition coefficient (Wildman–Crippen LogP) is 4.99. The number of nitrogens with zero attached hydrogens (tertiary/aromatic N) is 3. The third-order valence-electron chi connectivity index (χ3n) is 5.39. The highest BCUT2D eigenvalue weighted by Gasteiger charge is 2.20. The molecule has 0 saturated carbocycles. The van der Waals surface area contributed by atoms with Gasteiger partial charge in [-0.15, -0.1) is 0 Å². The maximum absolute atomic E-state index is 10.7. The summed E-state index contributed by atoms with van der Waals surface area (Å²) in [5.74, 6) is 1.97. The molecular weight excluding hydrogens is 464 g/mol. The molecular formula is C26H34N4O4S. The molecule has 0 spiro atoms. The van der Waals surface area contributed by atoms with Gasteiger partial charge in [-0.25, -0.2) is 13.1 Å². The Balaban J connectivity index is 0.000000394. The summed E-state index contributed by atoms with van der Waals surface area (Å²) in [4.78, 5) is 4.57. The molecule has 0 fully saturated rings. The molecule has 1 N–H and O–H groups in total. The molecule has 2 aromatic carbocycles. The van der Waals surface area contributed by atoms with Crippen molar-refractivity contribution in [3.05, 3.63) is 53.1 Å². The quantitative estimate of drug-likeness (QED) is 0.487. The van der Waals surface area contributed by atoms with Crippen LogP contribution in [0.3, 0.4) is 0 Å². The maximum Gasteiger partial charge on any atom is 0.258 e. The molecule has 0 atom stereocenters. The number of hydrogen-bond donors (Lipinski definition) is 1. The van der Waals surface area contributed by atoms with Gasteiger partial charge in [-0.1, -0.05) is 37.2 Å². The van der Waals surface area contributed by atoms with Crippen LogP contribution in [0.5, 0.6) is 5.75 Å². The van der Waals surface area contributed by atoms with Crippen molar-refractivity contribution >= 4 is 10.0 Å². The second-order valence-corrected chi connectivity index (χ2v) is 11.1. The lowest BCUT2D eigenvalue weighted by Gasteiger charge is -2.11. The van der Waals surface area contributed by atoms with E-state index in [2.05, 4.69) is 27.0 Å². The Morgan fingerprint density at radius 1 is 1.20 bits per heavy atom. The number of aryl methyl sites for hydroxylation is 1. The minimum absolute atomic E-state index is 0. The van der Waals surface area contributed by atoms with Crippen molar-refractivity contribution in [1.29, 1.82) is 5.26 Å². The van der Waals surface area contributed by atoms with Gasteiger partial charge in [0.1, 0.15) is 11.8 Å². The minimum Gasteiger partial charge on any atom is -0.490 e. The van der Waals surface area contributed by atoms with Crippen LogP contribution in [0.25, 0.3) is 22.8 Å². The van der Waals surface area contributed by atoms with Gasteiger partial charge in [-0.3, -0.25) is 0 Å². The number of nitrogens with one attached hydrogen (secondary N) is 1. The molecule has 0 saturated heterocycles. The summed E-state index contributed by atoms with van der Waals surface area (Å²) in [6.07, 6.45) is 3.33. The SMILES string of the molecule is CC(C)Oc1ccc(-c2nc(-c3cccc4c3CCC4)no2)cc1C#N.CNS(=O)(=O)CC(C)C.[HH]. The topological polar surface area (TPSA) is 118 Å².